The van der Waals surface area contributed by atoms with E-state index < -0.39 is 23.9 Å². The van der Waals surface area contributed by atoms with E-state index in [1.54, 1.807) is 18.2 Å². The molecule has 0 aliphatic rings. The molecule has 1 aromatic rings. The summed E-state index contributed by atoms with van der Waals surface area (Å²) in [5.74, 6) is -3.00. The first kappa shape index (κ1) is 14.5. The molecule has 1 rings (SSSR count). The van der Waals surface area contributed by atoms with Gasteiger partial charge in [-0.2, -0.15) is 0 Å². The van der Waals surface area contributed by atoms with Gasteiger partial charge in [0.05, 0.1) is 7.11 Å². The number of rotatable bonds is 4. The maximum Gasteiger partial charge on any atom is 0.411 e. The minimum absolute atomic E-state index is 0.381. The van der Waals surface area contributed by atoms with Crippen LogP contribution in [0.3, 0.4) is 0 Å². The van der Waals surface area contributed by atoms with Crippen molar-refractivity contribution in [1.82, 2.24) is 0 Å². The maximum atomic E-state index is 11.5. The van der Waals surface area contributed by atoms with Crippen molar-refractivity contribution in [2.24, 2.45) is 5.92 Å². The van der Waals surface area contributed by atoms with Crippen LogP contribution in [-0.4, -0.2) is 30.2 Å². The number of carboxylic acid groups (broad SMARTS) is 1. The zero-order valence-corrected chi connectivity index (χ0v) is 10.5. The minimum Gasteiger partial charge on any atom is -0.481 e. The Morgan fingerprint density at radius 2 is 1.79 bits per heavy atom. The van der Waals surface area contributed by atoms with E-state index in [9.17, 15) is 14.4 Å². The number of methoxy groups -OCH3 is 1. The van der Waals surface area contributed by atoms with Gasteiger partial charge in [-0.3, -0.25) is 14.9 Å². The number of hydrogen-bond donors (Lipinski definition) is 3. The molecule has 0 bridgehead atoms. The van der Waals surface area contributed by atoms with Crippen molar-refractivity contribution >= 4 is 29.3 Å². The third-order valence-corrected chi connectivity index (χ3v) is 2.33. The normalized spacial score (nSPS) is 11.3. The molecule has 0 aliphatic heterocycles. The Morgan fingerprint density at radius 3 is 2.32 bits per heavy atom. The van der Waals surface area contributed by atoms with Crippen LogP contribution in [0.2, 0.25) is 0 Å². The molecule has 3 N–H and O–H groups in total. The van der Waals surface area contributed by atoms with E-state index in [4.69, 9.17) is 5.11 Å². The summed E-state index contributed by atoms with van der Waals surface area (Å²) in [7, 11) is 1.23. The second-order valence-corrected chi connectivity index (χ2v) is 3.75. The number of benzene rings is 1. The lowest BCUT2D eigenvalue weighted by Gasteiger charge is -2.10. The molecule has 1 aromatic carbocycles. The minimum atomic E-state index is -1.21. The van der Waals surface area contributed by atoms with Gasteiger partial charge in [0, 0.05) is 11.4 Å². The largest absolute Gasteiger partial charge is 0.481 e. The second-order valence-electron chi connectivity index (χ2n) is 3.75. The van der Waals surface area contributed by atoms with Gasteiger partial charge in [-0.1, -0.05) is 6.07 Å². The van der Waals surface area contributed by atoms with Gasteiger partial charge in [0.15, 0.2) is 0 Å². The van der Waals surface area contributed by atoms with Crippen LogP contribution in [0.1, 0.15) is 6.92 Å². The van der Waals surface area contributed by atoms with Crippen LogP contribution in [-0.2, 0) is 14.3 Å². The van der Waals surface area contributed by atoms with Crippen LogP contribution >= 0.6 is 0 Å². The van der Waals surface area contributed by atoms with Crippen molar-refractivity contribution in [2.45, 2.75) is 6.92 Å². The monoisotopic (exact) mass is 266 g/mol. The highest BCUT2D eigenvalue weighted by molar-refractivity contribution is 6.04. The Labute approximate surface area is 109 Å². The highest BCUT2D eigenvalue weighted by Gasteiger charge is 2.20. The van der Waals surface area contributed by atoms with Gasteiger partial charge in [0.2, 0.25) is 5.91 Å². The van der Waals surface area contributed by atoms with Crippen LogP contribution in [0, 0.1) is 5.92 Å². The van der Waals surface area contributed by atoms with Crippen molar-refractivity contribution < 1.29 is 24.2 Å². The summed E-state index contributed by atoms with van der Waals surface area (Å²) < 4.78 is 4.43. The number of hydrogen-bond acceptors (Lipinski definition) is 4. The predicted octanol–water partition coefficient (Wildman–Crippen LogP) is 1.52. The molecule has 102 valence electrons. The van der Waals surface area contributed by atoms with E-state index in [1.165, 1.54) is 20.1 Å². The Balaban J connectivity index is 2.74. The Bertz CT molecular complexity index is 501. The summed E-state index contributed by atoms with van der Waals surface area (Å²) in [6, 6.07) is 6.28. The number of amides is 2. The van der Waals surface area contributed by atoms with Crippen LogP contribution in [0.25, 0.3) is 0 Å². The van der Waals surface area contributed by atoms with Crippen molar-refractivity contribution in [3.8, 4) is 0 Å². The number of carbonyl (C=O) groups is 3. The zero-order chi connectivity index (χ0) is 14.4. The maximum absolute atomic E-state index is 11.5. The van der Waals surface area contributed by atoms with Gasteiger partial charge in [0.1, 0.15) is 5.92 Å². The number of carbonyl (C=O) groups excluding carboxylic acids is 2. The predicted molar refractivity (Wildman–Crippen MR) is 67.9 cm³/mol. The lowest BCUT2D eigenvalue weighted by molar-refractivity contribution is -0.144. The summed E-state index contributed by atoms with van der Waals surface area (Å²) in [6.07, 6.45) is -0.637. The SMILES string of the molecule is COC(=O)Nc1cccc(NC(=O)C(C)C(=O)O)c1. The molecule has 0 spiro atoms. The van der Waals surface area contributed by atoms with E-state index in [0.29, 0.717) is 11.4 Å². The van der Waals surface area contributed by atoms with Crippen LogP contribution in [0.4, 0.5) is 16.2 Å². The third kappa shape index (κ3) is 4.30. The summed E-state index contributed by atoms with van der Waals surface area (Å²) in [4.78, 5) is 33.2. The van der Waals surface area contributed by atoms with Gasteiger partial charge in [0.25, 0.3) is 0 Å². The molecule has 7 nitrogen and oxygen atoms in total. The van der Waals surface area contributed by atoms with E-state index in [2.05, 4.69) is 15.4 Å². The molecule has 0 radical (unpaired) electrons. The van der Waals surface area contributed by atoms with Gasteiger partial charge >= 0.3 is 12.1 Å². The van der Waals surface area contributed by atoms with Gasteiger partial charge in [-0.15, -0.1) is 0 Å². The molecular formula is C12H14N2O5. The molecule has 0 fully saturated rings. The first-order chi connectivity index (χ1) is 8.93. The standard InChI is InChI=1S/C12H14N2O5/c1-7(11(16)17)10(15)13-8-4-3-5-9(6-8)14-12(18)19-2/h3-7H,1-2H3,(H,13,15)(H,14,18)(H,16,17). The third-order valence-electron chi connectivity index (χ3n) is 2.33. The molecule has 19 heavy (non-hydrogen) atoms. The topological polar surface area (TPSA) is 105 Å². The molecule has 0 heterocycles. The van der Waals surface area contributed by atoms with Gasteiger partial charge in [-0.05, 0) is 25.1 Å². The number of aliphatic carboxylic acids is 1. The van der Waals surface area contributed by atoms with Gasteiger partial charge < -0.3 is 15.2 Å². The summed E-state index contributed by atoms with van der Waals surface area (Å²) in [5, 5.41) is 13.6. The summed E-state index contributed by atoms with van der Waals surface area (Å²) >= 11 is 0. The molecule has 0 saturated carbocycles. The Kier molecular flexibility index (Phi) is 4.87. The molecule has 0 saturated heterocycles. The van der Waals surface area contributed by atoms with Crippen LogP contribution in [0.15, 0.2) is 24.3 Å². The zero-order valence-electron chi connectivity index (χ0n) is 10.5. The first-order valence-electron chi connectivity index (χ1n) is 5.42. The average molecular weight is 266 g/mol. The summed E-state index contributed by atoms with van der Waals surface area (Å²) in [6.45, 7) is 1.29. The highest BCUT2D eigenvalue weighted by atomic mass is 16.5. The lowest BCUT2D eigenvalue weighted by atomic mass is 10.1. The fraction of sp³-hybridized carbons (Fsp3) is 0.250. The Morgan fingerprint density at radius 1 is 1.21 bits per heavy atom. The average Bonchev–Trinajstić information content (AvgIpc) is 2.37. The van der Waals surface area contributed by atoms with Crippen molar-refractivity contribution in [1.29, 1.82) is 0 Å². The summed E-state index contributed by atoms with van der Waals surface area (Å²) in [5.41, 5.74) is 0.805. The molecule has 0 aliphatic carbocycles. The highest BCUT2D eigenvalue weighted by Crippen LogP contribution is 2.16. The molecule has 1 atom stereocenters. The van der Waals surface area contributed by atoms with Gasteiger partial charge in [-0.25, -0.2) is 4.79 Å². The lowest BCUT2D eigenvalue weighted by Crippen LogP contribution is -2.26. The molecule has 2 amide bonds. The molecule has 0 aromatic heterocycles. The number of anilines is 2. The van der Waals surface area contributed by atoms with Crippen molar-refractivity contribution in [3.05, 3.63) is 24.3 Å². The van der Waals surface area contributed by atoms with E-state index in [-0.39, 0.29) is 0 Å². The van der Waals surface area contributed by atoms with E-state index in [1.807, 2.05) is 0 Å². The van der Waals surface area contributed by atoms with E-state index in [0.717, 1.165) is 0 Å². The van der Waals surface area contributed by atoms with Crippen LogP contribution < -0.4 is 10.6 Å². The van der Waals surface area contributed by atoms with Crippen LogP contribution in [0.5, 0.6) is 0 Å². The molecular weight excluding hydrogens is 252 g/mol. The fourth-order valence-corrected chi connectivity index (χ4v) is 1.21. The van der Waals surface area contributed by atoms with Crippen molar-refractivity contribution in [2.75, 3.05) is 17.7 Å². The number of nitrogens with one attached hydrogen (secondary N) is 2. The number of carboxylic acids is 1. The Hall–Kier alpha value is -2.57. The molecule has 7 heteroatoms. The molecule has 1 unspecified atom stereocenters. The second kappa shape index (κ2) is 6.39. The van der Waals surface area contributed by atoms with E-state index >= 15 is 0 Å². The number of ether oxygens (including phenoxy) is 1. The first-order valence-corrected chi connectivity index (χ1v) is 5.42. The van der Waals surface area contributed by atoms with Crippen molar-refractivity contribution in [3.63, 3.8) is 0 Å². The quantitative estimate of drug-likeness (QED) is 0.717. The fourth-order valence-electron chi connectivity index (χ4n) is 1.21. The smallest absolute Gasteiger partial charge is 0.411 e.